The number of hydrogen-bond donors (Lipinski definition) is 2. The molecule has 0 aliphatic rings. The van der Waals surface area contributed by atoms with E-state index in [0.29, 0.717) is 6.54 Å². The van der Waals surface area contributed by atoms with Crippen LogP contribution in [0.5, 0.6) is 5.75 Å². The van der Waals surface area contributed by atoms with E-state index in [0.717, 1.165) is 24.5 Å². The molecule has 0 saturated carbocycles. The molecule has 0 bridgehead atoms. The van der Waals surface area contributed by atoms with Gasteiger partial charge >= 0.3 is 0 Å². The lowest BCUT2D eigenvalue weighted by atomic mass is 10.2. The Balaban J connectivity index is 2.36. The highest BCUT2D eigenvalue weighted by Crippen LogP contribution is 2.17. The van der Waals surface area contributed by atoms with Crippen molar-refractivity contribution >= 4 is 5.96 Å². The molecule has 0 aromatic heterocycles. The molecule has 0 spiro atoms. The molecular weight excluding hydrogens is 269 g/mol. The lowest BCUT2D eigenvalue weighted by Gasteiger charge is -2.12. The summed E-state index contributed by atoms with van der Waals surface area (Å²) in [6.45, 7) is 3.62. The Kier molecular flexibility index (Phi) is 8.24. The Labute approximate surface area is 126 Å². The SMILES string of the molecule is CCCCCCNC(=NC)NCc1ccc(OC)c(F)c1. The lowest BCUT2D eigenvalue weighted by Crippen LogP contribution is -2.37. The number of nitrogens with zero attached hydrogens (tertiary/aromatic N) is 1. The standard InChI is InChI=1S/C16H26FN3O/c1-4-5-6-7-10-19-16(18-2)20-12-13-8-9-15(21-3)14(17)11-13/h8-9,11H,4-7,10,12H2,1-3H3,(H2,18,19,20). The van der Waals surface area contributed by atoms with Gasteiger partial charge < -0.3 is 15.4 Å². The second-order valence-electron chi connectivity index (χ2n) is 4.88. The number of aliphatic imine (C=N–C) groups is 1. The zero-order chi connectivity index (χ0) is 15.5. The number of methoxy groups -OCH3 is 1. The number of guanidine groups is 1. The Hall–Kier alpha value is -1.78. The first-order valence-electron chi connectivity index (χ1n) is 7.48. The summed E-state index contributed by atoms with van der Waals surface area (Å²) in [5.74, 6) is 0.652. The first kappa shape index (κ1) is 17.3. The van der Waals surface area contributed by atoms with Gasteiger partial charge in [-0.2, -0.15) is 0 Å². The van der Waals surface area contributed by atoms with Crippen molar-refractivity contribution in [3.63, 3.8) is 0 Å². The number of unbranched alkanes of at least 4 members (excludes halogenated alkanes) is 3. The monoisotopic (exact) mass is 295 g/mol. The third kappa shape index (κ3) is 6.47. The Morgan fingerprint density at radius 1 is 1.24 bits per heavy atom. The maximum atomic E-state index is 13.6. The number of hydrogen-bond acceptors (Lipinski definition) is 2. The molecule has 1 rings (SSSR count). The van der Waals surface area contributed by atoms with Crippen molar-refractivity contribution in [1.82, 2.24) is 10.6 Å². The minimum absolute atomic E-state index is 0.261. The maximum absolute atomic E-state index is 13.6. The molecular formula is C16H26FN3O. The molecule has 4 nitrogen and oxygen atoms in total. The quantitative estimate of drug-likeness (QED) is 0.440. The Morgan fingerprint density at radius 2 is 2.05 bits per heavy atom. The Bertz CT molecular complexity index is 449. The number of nitrogens with one attached hydrogen (secondary N) is 2. The molecule has 0 saturated heterocycles. The van der Waals surface area contributed by atoms with Crippen LogP contribution in [0, 0.1) is 5.82 Å². The van der Waals surface area contributed by atoms with Crippen LogP contribution < -0.4 is 15.4 Å². The molecule has 0 fully saturated rings. The average molecular weight is 295 g/mol. The van der Waals surface area contributed by atoms with Crippen LogP contribution >= 0.6 is 0 Å². The molecule has 0 radical (unpaired) electrons. The van der Waals surface area contributed by atoms with Crippen molar-refractivity contribution < 1.29 is 9.13 Å². The van der Waals surface area contributed by atoms with Gasteiger partial charge in [0.15, 0.2) is 17.5 Å². The second-order valence-corrected chi connectivity index (χ2v) is 4.88. The van der Waals surface area contributed by atoms with E-state index < -0.39 is 0 Å². The second kappa shape index (κ2) is 10.0. The van der Waals surface area contributed by atoms with Crippen LogP contribution in [0.4, 0.5) is 4.39 Å². The minimum Gasteiger partial charge on any atom is -0.494 e. The fourth-order valence-electron chi connectivity index (χ4n) is 1.98. The molecule has 0 aliphatic carbocycles. The van der Waals surface area contributed by atoms with Gasteiger partial charge in [-0.15, -0.1) is 0 Å². The van der Waals surface area contributed by atoms with Crippen molar-refractivity contribution in [2.75, 3.05) is 20.7 Å². The van der Waals surface area contributed by atoms with Crippen LogP contribution in [0.3, 0.4) is 0 Å². The van der Waals surface area contributed by atoms with Crippen LogP contribution in [-0.4, -0.2) is 26.7 Å². The van der Waals surface area contributed by atoms with E-state index in [1.807, 2.05) is 6.07 Å². The third-order valence-corrected chi connectivity index (χ3v) is 3.22. The lowest BCUT2D eigenvalue weighted by molar-refractivity contribution is 0.386. The van der Waals surface area contributed by atoms with Gasteiger partial charge in [0.2, 0.25) is 0 Å². The van der Waals surface area contributed by atoms with Crippen molar-refractivity contribution in [1.29, 1.82) is 0 Å². The number of rotatable bonds is 8. The van der Waals surface area contributed by atoms with Gasteiger partial charge in [0.1, 0.15) is 0 Å². The highest BCUT2D eigenvalue weighted by atomic mass is 19.1. The summed E-state index contributed by atoms with van der Waals surface area (Å²) in [6, 6.07) is 4.94. The molecule has 1 aromatic rings. The highest BCUT2D eigenvalue weighted by molar-refractivity contribution is 5.79. The summed E-state index contributed by atoms with van der Waals surface area (Å²) in [5, 5.41) is 6.43. The minimum atomic E-state index is -0.348. The summed E-state index contributed by atoms with van der Waals surface area (Å²) >= 11 is 0. The Morgan fingerprint density at radius 3 is 2.67 bits per heavy atom. The van der Waals surface area contributed by atoms with E-state index in [-0.39, 0.29) is 11.6 Å². The van der Waals surface area contributed by atoms with E-state index in [1.165, 1.54) is 32.4 Å². The molecule has 0 amide bonds. The van der Waals surface area contributed by atoms with E-state index in [1.54, 1.807) is 13.1 Å². The van der Waals surface area contributed by atoms with Gasteiger partial charge in [0.25, 0.3) is 0 Å². The zero-order valence-corrected chi connectivity index (χ0v) is 13.2. The summed E-state index contributed by atoms with van der Waals surface area (Å²) in [5.41, 5.74) is 0.849. The molecule has 5 heteroatoms. The molecule has 1 aromatic carbocycles. The van der Waals surface area contributed by atoms with Crippen LogP contribution in [0.1, 0.15) is 38.2 Å². The summed E-state index contributed by atoms with van der Waals surface area (Å²) < 4.78 is 18.5. The van der Waals surface area contributed by atoms with Crippen LogP contribution in [0.15, 0.2) is 23.2 Å². The normalized spacial score (nSPS) is 11.3. The first-order valence-corrected chi connectivity index (χ1v) is 7.48. The van der Waals surface area contributed by atoms with Gasteiger partial charge in [-0.3, -0.25) is 4.99 Å². The average Bonchev–Trinajstić information content (AvgIpc) is 2.50. The molecule has 0 heterocycles. The first-order chi connectivity index (χ1) is 10.2. The van der Waals surface area contributed by atoms with E-state index in [4.69, 9.17) is 4.74 Å². The molecule has 0 unspecified atom stereocenters. The smallest absolute Gasteiger partial charge is 0.191 e. The van der Waals surface area contributed by atoms with Gasteiger partial charge in [-0.1, -0.05) is 32.3 Å². The molecule has 0 atom stereocenters. The summed E-state index contributed by atoms with van der Waals surface area (Å²) in [6.07, 6.45) is 4.85. The van der Waals surface area contributed by atoms with E-state index in [2.05, 4.69) is 22.5 Å². The van der Waals surface area contributed by atoms with E-state index >= 15 is 0 Å². The molecule has 21 heavy (non-hydrogen) atoms. The van der Waals surface area contributed by atoms with Gasteiger partial charge in [0, 0.05) is 20.1 Å². The molecule has 0 aliphatic heterocycles. The number of benzene rings is 1. The molecule has 118 valence electrons. The van der Waals surface area contributed by atoms with Crippen molar-refractivity contribution in [3.05, 3.63) is 29.6 Å². The predicted octanol–water partition coefficient (Wildman–Crippen LogP) is 3.08. The topological polar surface area (TPSA) is 45.7 Å². The van der Waals surface area contributed by atoms with Crippen molar-refractivity contribution in [3.8, 4) is 5.75 Å². The van der Waals surface area contributed by atoms with Crippen LogP contribution in [-0.2, 0) is 6.54 Å². The molecule has 2 N–H and O–H groups in total. The van der Waals surface area contributed by atoms with E-state index in [9.17, 15) is 4.39 Å². The summed E-state index contributed by atoms with van der Waals surface area (Å²) in [4.78, 5) is 4.15. The predicted molar refractivity (Wildman–Crippen MR) is 85.3 cm³/mol. The van der Waals surface area contributed by atoms with Gasteiger partial charge in [0.05, 0.1) is 7.11 Å². The maximum Gasteiger partial charge on any atom is 0.191 e. The van der Waals surface area contributed by atoms with Crippen LogP contribution in [0.2, 0.25) is 0 Å². The van der Waals surface area contributed by atoms with Gasteiger partial charge in [-0.05, 0) is 24.1 Å². The third-order valence-electron chi connectivity index (χ3n) is 3.22. The van der Waals surface area contributed by atoms with Crippen molar-refractivity contribution in [2.45, 2.75) is 39.2 Å². The van der Waals surface area contributed by atoms with Crippen molar-refractivity contribution in [2.24, 2.45) is 4.99 Å². The van der Waals surface area contributed by atoms with Gasteiger partial charge in [-0.25, -0.2) is 4.39 Å². The zero-order valence-electron chi connectivity index (χ0n) is 13.2. The number of ether oxygens (including phenoxy) is 1. The van der Waals surface area contributed by atoms with Crippen LogP contribution in [0.25, 0.3) is 0 Å². The fraction of sp³-hybridized carbons (Fsp3) is 0.562. The fourth-order valence-corrected chi connectivity index (χ4v) is 1.98. The summed E-state index contributed by atoms with van der Waals surface area (Å²) in [7, 11) is 3.19. The largest absolute Gasteiger partial charge is 0.494 e. The highest BCUT2D eigenvalue weighted by Gasteiger charge is 2.04. The number of halogens is 1.